The van der Waals surface area contributed by atoms with Crippen molar-refractivity contribution in [1.29, 1.82) is 0 Å². The van der Waals surface area contributed by atoms with Crippen LogP contribution in [0.15, 0.2) is 4.42 Å². The molecule has 1 aliphatic heterocycles. The fourth-order valence-corrected chi connectivity index (χ4v) is 2.22. The molecule has 15 heavy (non-hydrogen) atoms. The van der Waals surface area contributed by atoms with Crippen LogP contribution in [0.5, 0.6) is 0 Å². The van der Waals surface area contributed by atoms with Crippen molar-refractivity contribution >= 4 is 0 Å². The third-order valence-corrected chi connectivity index (χ3v) is 3.05. The van der Waals surface area contributed by atoms with E-state index in [1.54, 1.807) is 0 Å². The lowest BCUT2D eigenvalue weighted by atomic mass is 10.1. The second-order valence-electron chi connectivity index (χ2n) is 4.77. The summed E-state index contributed by atoms with van der Waals surface area (Å²) in [4.78, 5) is 4.58. The van der Waals surface area contributed by atoms with Gasteiger partial charge in [0.1, 0.15) is 5.76 Å². The van der Waals surface area contributed by atoms with E-state index in [2.05, 4.69) is 24.1 Å². The maximum absolute atomic E-state index is 5.70. The topological polar surface area (TPSA) is 38.1 Å². The van der Waals surface area contributed by atoms with E-state index in [9.17, 15) is 0 Å². The average molecular weight is 208 g/mol. The zero-order valence-corrected chi connectivity index (χ0v) is 9.84. The Bertz CT molecular complexity index is 324. The smallest absolute Gasteiger partial charge is 0.194 e. The van der Waals surface area contributed by atoms with Crippen LogP contribution in [0.25, 0.3) is 0 Å². The fourth-order valence-electron chi connectivity index (χ4n) is 2.22. The standard InChI is InChI=1S/C12H20N2O/c1-8(2)12-9(3)15-11(14-12)6-10-4-5-13-7-10/h8,10,13H,4-7H2,1-3H3. The summed E-state index contributed by atoms with van der Waals surface area (Å²) in [5.74, 6) is 3.09. The summed E-state index contributed by atoms with van der Waals surface area (Å²) in [5, 5.41) is 3.37. The Balaban J connectivity index is 2.05. The molecule has 2 rings (SSSR count). The summed E-state index contributed by atoms with van der Waals surface area (Å²) in [6.07, 6.45) is 2.24. The molecule has 1 saturated heterocycles. The average Bonchev–Trinajstić information content (AvgIpc) is 2.75. The van der Waals surface area contributed by atoms with E-state index >= 15 is 0 Å². The van der Waals surface area contributed by atoms with Crippen LogP contribution in [0.3, 0.4) is 0 Å². The van der Waals surface area contributed by atoms with Crippen molar-refractivity contribution in [3.63, 3.8) is 0 Å². The number of hydrogen-bond acceptors (Lipinski definition) is 3. The van der Waals surface area contributed by atoms with Gasteiger partial charge < -0.3 is 9.73 Å². The molecule has 3 heteroatoms. The summed E-state index contributed by atoms with van der Waals surface area (Å²) >= 11 is 0. The molecule has 1 aliphatic rings. The molecule has 0 bridgehead atoms. The van der Waals surface area contributed by atoms with Gasteiger partial charge in [0, 0.05) is 6.42 Å². The maximum Gasteiger partial charge on any atom is 0.194 e. The summed E-state index contributed by atoms with van der Waals surface area (Å²) in [6.45, 7) is 8.58. The molecule has 1 aromatic heterocycles. The van der Waals surface area contributed by atoms with E-state index in [1.165, 1.54) is 6.42 Å². The maximum atomic E-state index is 5.70. The van der Waals surface area contributed by atoms with Crippen LogP contribution in [-0.2, 0) is 6.42 Å². The van der Waals surface area contributed by atoms with Crippen molar-refractivity contribution in [2.75, 3.05) is 13.1 Å². The molecule has 0 aromatic carbocycles. The van der Waals surface area contributed by atoms with E-state index in [1.807, 2.05) is 6.92 Å². The number of nitrogens with one attached hydrogen (secondary N) is 1. The third kappa shape index (κ3) is 2.40. The van der Waals surface area contributed by atoms with Crippen LogP contribution in [0, 0.1) is 12.8 Å². The van der Waals surface area contributed by atoms with Gasteiger partial charge in [0.15, 0.2) is 5.89 Å². The molecule has 1 fully saturated rings. The van der Waals surface area contributed by atoms with Crippen LogP contribution in [0.2, 0.25) is 0 Å². The molecule has 1 aromatic rings. The number of aromatic nitrogens is 1. The van der Waals surface area contributed by atoms with Crippen LogP contribution in [0.1, 0.15) is 43.5 Å². The Morgan fingerprint density at radius 2 is 2.33 bits per heavy atom. The van der Waals surface area contributed by atoms with E-state index in [0.717, 1.165) is 36.9 Å². The van der Waals surface area contributed by atoms with Crippen molar-refractivity contribution in [3.05, 3.63) is 17.3 Å². The lowest BCUT2D eigenvalue weighted by molar-refractivity contribution is 0.427. The highest BCUT2D eigenvalue weighted by atomic mass is 16.4. The van der Waals surface area contributed by atoms with Crippen LogP contribution in [-0.4, -0.2) is 18.1 Å². The largest absolute Gasteiger partial charge is 0.446 e. The lowest BCUT2D eigenvalue weighted by Crippen LogP contribution is -2.10. The van der Waals surface area contributed by atoms with Crippen molar-refractivity contribution in [3.8, 4) is 0 Å². The highest BCUT2D eigenvalue weighted by Crippen LogP contribution is 2.22. The van der Waals surface area contributed by atoms with Gasteiger partial charge in [-0.3, -0.25) is 0 Å². The summed E-state index contributed by atoms with van der Waals surface area (Å²) in [7, 11) is 0. The molecular weight excluding hydrogens is 188 g/mol. The minimum atomic E-state index is 0.462. The Hall–Kier alpha value is -0.830. The van der Waals surface area contributed by atoms with Gasteiger partial charge in [-0.05, 0) is 38.3 Å². The number of hydrogen-bond donors (Lipinski definition) is 1. The molecule has 0 saturated carbocycles. The van der Waals surface area contributed by atoms with Crippen LogP contribution >= 0.6 is 0 Å². The first-order chi connectivity index (χ1) is 7.16. The summed E-state index contributed by atoms with van der Waals surface area (Å²) in [6, 6.07) is 0. The quantitative estimate of drug-likeness (QED) is 0.828. The minimum absolute atomic E-state index is 0.462. The normalized spacial score (nSPS) is 21.5. The highest BCUT2D eigenvalue weighted by Gasteiger charge is 2.19. The van der Waals surface area contributed by atoms with Crippen LogP contribution < -0.4 is 5.32 Å². The van der Waals surface area contributed by atoms with Gasteiger partial charge in [0.25, 0.3) is 0 Å². The van der Waals surface area contributed by atoms with Gasteiger partial charge in [0.2, 0.25) is 0 Å². The van der Waals surface area contributed by atoms with Gasteiger partial charge in [0.05, 0.1) is 5.69 Å². The van der Waals surface area contributed by atoms with Crippen molar-refractivity contribution < 1.29 is 4.42 Å². The van der Waals surface area contributed by atoms with E-state index < -0.39 is 0 Å². The van der Waals surface area contributed by atoms with Gasteiger partial charge >= 0.3 is 0 Å². The number of nitrogens with zero attached hydrogens (tertiary/aromatic N) is 1. The monoisotopic (exact) mass is 208 g/mol. The molecule has 2 heterocycles. The Labute approximate surface area is 91.3 Å². The second-order valence-corrected chi connectivity index (χ2v) is 4.77. The second kappa shape index (κ2) is 4.35. The highest BCUT2D eigenvalue weighted by molar-refractivity contribution is 5.12. The number of oxazole rings is 1. The van der Waals surface area contributed by atoms with Crippen molar-refractivity contribution in [2.24, 2.45) is 5.92 Å². The van der Waals surface area contributed by atoms with Gasteiger partial charge in [-0.25, -0.2) is 4.98 Å². The molecular formula is C12H20N2O. The molecule has 3 nitrogen and oxygen atoms in total. The first-order valence-corrected chi connectivity index (χ1v) is 5.83. The number of rotatable bonds is 3. The fraction of sp³-hybridized carbons (Fsp3) is 0.750. The lowest BCUT2D eigenvalue weighted by Gasteiger charge is -2.03. The Morgan fingerprint density at radius 3 is 2.87 bits per heavy atom. The molecule has 0 radical (unpaired) electrons. The zero-order valence-electron chi connectivity index (χ0n) is 9.84. The van der Waals surface area contributed by atoms with E-state index in [-0.39, 0.29) is 0 Å². The van der Waals surface area contributed by atoms with Crippen molar-refractivity contribution in [1.82, 2.24) is 10.3 Å². The summed E-state index contributed by atoms with van der Waals surface area (Å²) < 4.78 is 5.70. The van der Waals surface area contributed by atoms with Gasteiger partial charge in [-0.1, -0.05) is 13.8 Å². The molecule has 1 atom stereocenters. The Kier molecular flexibility index (Phi) is 3.10. The first-order valence-electron chi connectivity index (χ1n) is 5.83. The predicted octanol–water partition coefficient (Wildman–Crippen LogP) is 2.26. The summed E-state index contributed by atoms with van der Waals surface area (Å²) in [5.41, 5.74) is 1.12. The predicted molar refractivity (Wildman–Crippen MR) is 60.0 cm³/mol. The molecule has 0 spiro atoms. The number of aryl methyl sites for hydroxylation is 1. The zero-order chi connectivity index (χ0) is 10.8. The van der Waals surface area contributed by atoms with E-state index in [0.29, 0.717) is 11.8 Å². The van der Waals surface area contributed by atoms with Gasteiger partial charge in [-0.15, -0.1) is 0 Å². The van der Waals surface area contributed by atoms with E-state index in [4.69, 9.17) is 4.42 Å². The molecule has 84 valence electrons. The SMILES string of the molecule is Cc1oc(CC2CCNC2)nc1C(C)C. The van der Waals surface area contributed by atoms with Crippen LogP contribution in [0.4, 0.5) is 0 Å². The Morgan fingerprint density at radius 1 is 1.53 bits per heavy atom. The minimum Gasteiger partial charge on any atom is -0.446 e. The van der Waals surface area contributed by atoms with Gasteiger partial charge in [-0.2, -0.15) is 0 Å². The molecule has 0 amide bonds. The molecule has 1 unspecified atom stereocenters. The molecule has 0 aliphatic carbocycles. The third-order valence-electron chi connectivity index (χ3n) is 3.05. The first kappa shape index (κ1) is 10.7. The molecule has 1 N–H and O–H groups in total. The van der Waals surface area contributed by atoms with Crippen molar-refractivity contribution in [2.45, 2.75) is 39.5 Å².